The summed E-state index contributed by atoms with van der Waals surface area (Å²) in [4.78, 5) is 21.3. The van der Waals surface area contributed by atoms with E-state index in [1.165, 1.54) is 0 Å². The molecule has 2 aromatic carbocycles. The van der Waals surface area contributed by atoms with Crippen LogP contribution in [0.2, 0.25) is 0 Å². The maximum Gasteiger partial charge on any atom is 0.255 e. The van der Waals surface area contributed by atoms with Gasteiger partial charge in [-0.2, -0.15) is 0 Å². The highest BCUT2D eigenvalue weighted by molar-refractivity contribution is 6.04. The van der Waals surface area contributed by atoms with E-state index in [-0.39, 0.29) is 5.91 Å². The minimum absolute atomic E-state index is 0.211. The zero-order valence-electron chi connectivity index (χ0n) is 19.0. The van der Waals surface area contributed by atoms with Crippen LogP contribution < -0.4 is 19.5 Å². The Bertz CT molecular complexity index is 1260. The fourth-order valence-electron chi connectivity index (χ4n) is 3.43. The first-order valence-corrected chi connectivity index (χ1v) is 10.8. The Morgan fingerprint density at radius 2 is 1.76 bits per heavy atom. The molecule has 0 aliphatic heterocycles. The summed E-state index contributed by atoms with van der Waals surface area (Å²) in [5.74, 6) is 1.69. The van der Waals surface area contributed by atoms with Crippen molar-refractivity contribution in [3.8, 4) is 28.6 Å². The number of benzene rings is 2. The largest absolute Gasteiger partial charge is 0.493 e. The number of methoxy groups -OCH3 is 2. The van der Waals surface area contributed by atoms with Gasteiger partial charge in [-0.05, 0) is 48.0 Å². The average molecular weight is 456 g/mol. The van der Waals surface area contributed by atoms with Crippen LogP contribution in [-0.4, -0.2) is 36.7 Å². The molecular weight excluding hydrogens is 430 g/mol. The van der Waals surface area contributed by atoms with E-state index < -0.39 is 0 Å². The third kappa shape index (κ3) is 5.69. The first-order valence-electron chi connectivity index (χ1n) is 10.8. The molecule has 2 heterocycles. The molecule has 0 atom stereocenters. The SMILES string of the molecule is COc1ccc(CCOc2cccc(-c3cccc(C(=O)Nc4cccnc4)c3)n2)cc1OC. The number of hydrogen-bond donors (Lipinski definition) is 1. The van der Waals surface area contributed by atoms with E-state index in [2.05, 4.69) is 15.3 Å². The summed E-state index contributed by atoms with van der Waals surface area (Å²) in [5.41, 5.74) is 3.79. The summed E-state index contributed by atoms with van der Waals surface area (Å²) in [7, 11) is 3.23. The number of carbonyl (C=O) groups excluding carboxylic acids is 1. The first-order chi connectivity index (χ1) is 16.7. The Labute approximate surface area is 198 Å². The normalized spacial score (nSPS) is 10.4. The van der Waals surface area contributed by atoms with Crippen LogP contribution in [0.3, 0.4) is 0 Å². The second-order valence-electron chi connectivity index (χ2n) is 7.43. The molecule has 0 aliphatic carbocycles. The summed E-state index contributed by atoms with van der Waals surface area (Å²) in [6.07, 6.45) is 3.95. The summed E-state index contributed by atoms with van der Waals surface area (Å²) in [6, 6.07) is 22.3. The van der Waals surface area contributed by atoms with E-state index in [1.54, 1.807) is 50.9 Å². The molecule has 0 bridgehead atoms. The van der Waals surface area contributed by atoms with E-state index in [9.17, 15) is 4.79 Å². The van der Waals surface area contributed by atoms with E-state index in [4.69, 9.17) is 14.2 Å². The lowest BCUT2D eigenvalue weighted by molar-refractivity contribution is 0.102. The number of ether oxygens (including phenoxy) is 3. The highest BCUT2D eigenvalue weighted by atomic mass is 16.5. The molecule has 0 radical (unpaired) electrons. The number of carbonyl (C=O) groups is 1. The Balaban J connectivity index is 1.41. The molecule has 7 heteroatoms. The summed E-state index contributed by atoms with van der Waals surface area (Å²) in [6.45, 7) is 0.458. The van der Waals surface area contributed by atoms with Gasteiger partial charge in [-0.1, -0.05) is 24.3 Å². The fraction of sp³-hybridized carbons (Fsp3) is 0.148. The van der Waals surface area contributed by atoms with Gasteiger partial charge in [0.05, 0.1) is 38.4 Å². The number of rotatable bonds is 9. The van der Waals surface area contributed by atoms with Gasteiger partial charge in [-0.3, -0.25) is 9.78 Å². The van der Waals surface area contributed by atoms with Crippen LogP contribution in [0, 0.1) is 0 Å². The van der Waals surface area contributed by atoms with Crippen molar-refractivity contribution in [1.29, 1.82) is 0 Å². The third-order valence-electron chi connectivity index (χ3n) is 5.15. The zero-order valence-corrected chi connectivity index (χ0v) is 19.0. The van der Waals surface area contributed by atoms with Gasteiger partial charge in [-0.25, -0.2) is 4.98 Å². The Kier molecular flexibility index (Phi) is 7.35. The van der Waals surface area contributed by atoms with Gasteiger partial charge >= 0.3 is 0 Å². The van der Waals surface area contributed by atoms with Crippen LogP contribution in [0.25, 0.3) is 11.3 Å². The molecule has 7 nitrogen and oxygen atoms in total. The van der Waals surface area contributed by atoms with Gasteiger partial charge in [0.25, 0.3) is 5.91 Å². The topological polar surface area (TPSA) is 82.6 Å². The van der Waals surface area contributed by atoms with Crippen LogP contribution >= 0.6 is 0 Å². The second kappa shape index (κ2) is 11.0. The molecule has 172 valence electrons. The maximum atomic E-state index is 12.6. The quantitative estimate of drug-likeness (QED) is 0.381. The van der Waals surface area contributed by atoms with Gasteiger partial charge in [0.15, 0.2) is 11.5 Å². The van der Waals surface area contributed by atoms with Crippen LogP contribution in [-0.2, 0) is 6.42 Å². The van der Waals surface area contributed by atoms with Crippen LogP contribution in [0.5, 0.6) is 17.4 Å². The highest BCUT2D eigenvalue weighted by Crippen LogP contribution is 2.28. The Morgan fingerprint density at radius 3 is 2.56 bits per heavy atom. The molecule has 0 saturated carbocycles. The van der Waals surface area contributed by atoms with Crippen molar-refractivity contribution in [2.45, 2.75) is 6.42 Å². The lowest BCUT2D eigenvalue weighted by atomic mass is 10.1. The van der Waals surface area contributed by atoms with Gasteiger partial charge < -0.3 is 19.5 Å². The minimum Gasteiger partial charge on any atom is -0.493 e. The summed E-state index contributed by atoms with van der Waals surface area (Å²) >= 11 is 0. The lowest BCUT2D eigenvalue weighted by Crippen LogP contribution is -2.12. The number of nitrogens with zero attached hydrogens (tertiary/aromatic N) is 2. The van der Waals surface area contributed by atoms with E-state index in [0.29, 0.717) is 41.7 Å². The molecule has 0 aliphatic rings. The minimum atomic E-state index is -0.211. The predicted octanol–water partition coefficient (Wildman–Crippen LogP) is 5.03. The van der Waals surface area contributed by atoms with Gasteiger partial charge in [0.2, 0.25) is 5.88 Å². The molecule has 1 N–H and O–H groups in total. The molecule has 34 heavy (non-hydrogen) atoms. The molecule has 2 aromatic heterocycles. The molecular formula is C27H25N3O4. The van der Waals surface area contributed by atoms with Crippen molar-refractivity contribution in [1.82, 2.24) is 9.97 Å². The number of aromatic nitrogens is 2. The number of nitrogens with one attached hydrogen (secondary N) is 1. The number of anilines is 1. The summed E-state index contributed by atoms with van der Waals surface area (Å²) < 4.78 is 16.5. The lowest BCUT2D eigenvalue weighted by Gasteiger charge is -2.11. The molecule has 1 amide bonds. The summed E-state index contributed by atoms with van der Waals surface area (Å²) in [5, 5.41) is 2.84. The number of hydrogen-bond acceptors (Lipinski definition) is 6. The van der Waals surface area contributed by atoms with Crippen LogP contribution in [0.15, 0.2) is 85.2 Å². The van der Waals surface area contributed by atoms with Gasteiger partial charge in [0, 0.05) is 29.8 Å². The Morgan fingerprint density at radius 1 is 0.912 bits per heavy atom. The van der Waals surface area contributed by atoms with E-state index in [0.717, 1.165) is 16.8 Å². The fourth-order valence-corrected chi connectivity index (χ4v) is 3.43. The van der Waals surface area contributed by atoms with Gasteiger partial charge in [0.1, 0.15) is 0 Å². The van der Waals surface area contributed by atoms with Crippen molar-refractivity contribution in [2.24, 2.45) is 0 Å². The molecule has 0 saturated heterocycles. The van der Waals surface area contributed by atoms with Crippen LogP contribution in [0.1, 0.15) is 15.9 Å². The van der Waals surface area contributed by atoms with E-state index >= 15 is 0 Å². The second-order valence-corrected chi connectivity index (χ2v) is 7.43. The van der Waals surface area contributed by atoms with Crippen molar-refractivity contribution in [2.75, 3.05) is 26.1 Å². The van der Waals surface area contributed by atoms with Crippen molar-refractivity contribution >= 4 is 11.6 Å². The Hall–Kier alpha value is -4.39. The monoisotopic (exact) mass is 455 g/mol. The highest BCUT2D eigenvalue weighted by Gasteiger charge is 2.10. The molecule has 4 rings (SSSR count). The van der Waals surface area contributed by atoms with Gasteiger partial charge in [-0.15, -0.1) is 0 Å². The zero-order chi connectivity index (χ0) is 23.8. The molecule has 0 spiro atoms. The van der Waals surface area contributed by atoms with Crippen molar-refractivity contribution < 1.29 is 19.0 Å². The number of amides is 1. The standard InChI is InChI=1S/C27H25N3O4/c1-32-24-12-11-19(16-25(24)33-2)13-15-34-26-10-4-9-23(30-26)20-6-3-7-21(17-20)27(31)29-22-8-5-14-28-18-22/h3-12,14,16-18H,13,15H2,1-2H3,(H,29,31). The van der Waals surface area contributed by atoms with Crippen LogP contribution in [0.4, 0.5) is 5.69 Å². The average Bonchev–Trinajstić information content (AvgIpc) is 2.89. The maximum absolute atomic E-state index is 12.6. The number of pyridine rings is 2. The molecule has 0 unspecified atom stereocenters. The van der Waals surface area contributed by atoms with Crippen molar-refractivity contribution in [3.63, 3.8) is 0 Å². The van der Waals surface area contributed by atoms with Crippen molar-refractivity contribution in [3.05, 3.63) is 96.3 Å². The first kappa shape index (κ1) is 22.8. The smallest absolute Gasteiger partial charge is 0.255 e. The molecule has 4 aromatic rings. The van der Waals surface area contributed by atoms with E-state index in [1.807, 2.05) is 48.5 Å². The molecule has 0 fully saturated rings. The third-order valence-corrected chi connectivity index (χ3v) is 5.15. The predicted molar refractivity (Wildman–Crippen MR) is 131 cm³/mol.